The summed E-state index contributed by atoms with van der Waals surface area (Å²) in [6, 6.07) is 11.2. The van der Waals surface area contributed by atoms with Crippen LogP contribution in [0.5, 0.6) is 0 Å². The van der Waals surface area contributed by atoms with Crippen LogP contribution in [-0.2, 0) is 14.3 Å². The van der Waals surface area contributed by atoms with Crippen LogP contribution >= 0.6 is 11.8 Å². The van der Waals surface area contributed by atoms with Crippen molar-refractivity contribution in [3.05, 3.63) is 70.0 Å². The van der Waals surface area contributed by atoms with E-state index < -0.39 is 22.8 Å². The molecule has 2 aromatic rings. The van der Waals surface area contributed by atoms with Gasteiger partial charge in [-0.15, -0.1) is 11.8 Å². The van der Waals surface area contributed by atoms with Crippen molar-refractivity contribution in [2.24, 2.45) is 0 Å². The molecule has 0 heterocycles. The van der Waals surface area contributed by atoms with Crippen LogP contribution in [0, 0.1) is 15.9 Å². The zero-order chi connectivity index (χ0) is 19.8. The number of thioether (sulfide) groups is 1. The van der Waals surface area contributed by atoms with E-state index in [4.69, 9.17) is 4.74 Å². The molecule has 0 unspecified atom stereocenters. The number of hydrogen-bond acceptors (Lipinski definition) is 6. The van der Waals surface area contributed by atoms with Gasteiger partial charge in [-0.3, -0.25) is 19.7 Å². The first-order chi connectivity index (χ1) is 12.8. The van der Waals surface area contributed by atoms with Gasteiger partial charge in [-0.2, -0.15) is 0 Å². The number of carbonyl (C=O) groups excluding carboxylic acids is 2. The van der Waals surface area contributed by atoms with Gasteiger partial charge < -0.3 is 10.1 Å². The minimum atomic E-state index is -0.647. The SMILES string of the molecule is C[C@@H](OC(=O)CSCC(=O)Nc1ccc(F)cc1)c1cccc([N+](=O)[O-])c1. The number of nitrogens with one attached hydrogen (secondary N) is 1. The van der Waals surface area contributed by atoms with Crippen molar-refractivity contribution >= 4 is 35.0 Å². The molecule has 7 nitrogen and oxygen atoms in total. The number of hydrogen-bond donors (Lipinski definition) is 1. The third kappa shape index (κ3) is 6.70. The highest BCUT2D eigenvalue weighted by Crippen LogP contribution is 2.22. The summed E-state index contributed by atoms with van der Waals surface area (Å²) >= 11 is 1.07. The lowest BCUT2D eigenvalue weighted by Gasteiger charge is -2.13. The van der Waals surface area contributed by atoms with Crippen LogP contribution in [0.3, 0.4) is 0 Å². The Kier molecular flexibility index (Phi) is 7.30. The van der Waals surface area contributed by atoms with Gasteiger partial charge in [0.05, 0.1) is 16.4 Å². The number of amides is 1. The molecule has 142 valence electrons. The third-order valence-corrected chi connectivity index (χ3v) is 4.35. The summed E-state index contributed by atoms with van der Waals surface area (Å²) in [5, 5.41) is 13.4. The molecule has 2 rings (SSSR count). The Morgan fingerprint density at radius 3 is 2.59 bits per heavy atom. The summed E-state index contributed by atoms with van der Waals surface area (Å²) < 4.78 is 18.0. The van der Waals surface area contributed by atoms with Crippen molar-refractivity contribution in [3.63, 3.8) is 0 Å². The third-order valence-electron chi connectivity index (χ3n) is 3.44. The molecule has 1 amide bonds. The topological polar surface area (TPSA) is 98.5 Å². The largest absolute Gasteiger partial charge is 0.457 e. The highest BCUT2D eigenvalue weighted by atomic mass is 32.2. The summed E-state index contributed by atoms with van der Waals surface area (Å²) in [5.74, 6) is -1.28. The monoisotopic (exact) mass is 392 g/mol. The van der Waals surface area contributed by atoms with Gasteiger partial charge in [0.15, 0.2) is 0 Å². The van der Waals surface area contributed by atoms with Gasteiger partial charge in [0.2, 0.25) is 5.91 Å². The first kappa shape index (κ1) is 20.4. The summed E-state index contributed by atoms with van der Waals surface area (Å²) in [7, 11) is 0. The second kappa shape index (κ2) is 9.67. The molecule has 0 bridgehead atoms. The fourth-order valence-corrected chi connectivity index (χ4v) is 2.74. The molecular weight excluding hydrogens is 375 g/mol. The summed E-state index contributed by atoms with van der Waals surface area (Å²) in [5.41, 5.74) is 0.891. The Morgan fingerprint density at radius 1 is 1.22 bits per heavy atom. The Bertz CT molecular complexity index is 829. The van der Waals surface area contributed by atoms with Crippen LogP contribution in [0.1, 0.15) is 18.6 Å². The van der Waals surface area contributed by atoms with Gasteiger partial charge >= 0.3 is 5.97 Å². The second-order valence-corrected chi connectivity index (χ2v) is 6.52. The molecule has 0 fully saturated rings. The fourth-order valence-electron chi connectivity index (χ4n) is 2.15. The maximum absolute atomic E-state index is 12.8. The number of rotatable bonds is 8. The van der Waals surface area contributed by atoms with Gasteiger partial charge in [0.1, 0.15) is 11.9 Å². The van der Waals surface area contributed by atoms with Gasteiger partial charge in [0, 0.05) is 17.8 Å². The number of nitro benzene ring substituents is 1. The smallest absolute Gasteiger partial charge is 0.316 e. The lowest BCUT2D eigenvalue weighted by atomic mass is 10.1. The molecule has 1 atom stereocenters. The Balaban J connectivity index is 1.75. The number of ether oxygens (including phenoxy) is 1. The molecule has 9 heteroatoms. The van der Waals surface area contributed by atoms with Gasteiger partial charge in [-0.25, -0.2) is 4.39 Å². The van der Waals surface area contributed by atoms with Crippen molar-refractivity contribution in [1.29, 1.82) is 0 Å². The number of non-ortho nitro benzene ring substituents is 1. The van der Waals surface area contributed by atoms with E-state index in [-0.39, 0.29) is 23.1 Å². The summed E-state index contributed by atoms with van der Waals surface area (Å²) in [6.07, 6.45) is -0.647. The number of benzene rings is 2. The molecule has 0 radical (unpaired) electrons. The Labute approximate surface area is 159 Å². The summed E-state index contributed by atoms with van der Waals surface area (Å²) in [6.45, 7) is 1.61. The van der Waals surface area contributed by atoms with E-state index in [1.807, 2.05) is 0 Å². The predicted molar refractivity (Wildman–Crippen MR) is 100.0 cm³/mol. The zero-order valence-electron chi connectivity index (χ0n) is 14.4. The molecule has 27 heavy (non-hydrogen) atoms. The van der Waals surface area contributed by atoms with E-state index in [1.54, 1.807) is 13.0 Å². The number of esters is 1. The molecule has 0 saturated heterocycles. The Morgan fingerprint density at radius 2 is 1.93 bits per heavy atom. The van der Waals surface area contributed by atoms with Gasteiger partial charge in [-0.05, 0) is 36.8 Å². The number of nitrogens with zero attached hydrogens (tertiary/aromatic N) is 1. The van der Waals surface area contributed by atoms with E-state index in [1.165, 1.54) is 42.5 Å². The van der Waals surface area contributed by atoms with Gasteiger partial charge in [0.25, 0.3) is 5.69 Å². The predicted octanol–water partition coefficient (Wildman–Crippen LogP) is 3.71. The molecule has 0 aliphatic heterocycles. The minimum absolute atomic E-state index is 0.0255. The van der Waals surface area contributed by atoms with Crippen molar-refractivity contribution in [2.45, 2.75) is 13.0 Å². The van der Waals surface area contributed by atoms with Crippen molar-refractivity contribution < 1.29 is 23.6 Å². The summed E-state index contributed by atoms with van der Waals surface area (Å²) in [4.78, 5) is 33.9. The highest BCUT2D eigenvalue weighted by Gasteiger charge is 2.15. The van der Waals surface area contributed by atoms with E-state index in [9.17, 15) is 24.1 Å². The number of carbonyl (C=O) groups is 2. The molecule has 0 saturated carbocycles. The lowest BCUT2D eigenvalue weighted by molar-refractivity contribution is -0.385. The van der Waals surface area contributed by atoms with E-state index in [0.29, 0.717) is 11.3 Å². The molecule has 0 aromatic heterocycles. The van der Waals surface area contributed by atoms with Crippen LogP contribution in [0.25, 0.3) is 0 Å². The first-order valence-electron chi connectivity index (χ1n) is 7.92. The van der Waals surface area contributed by atoms with E-state index in [0.717, 1.165) is 11.8 Å². The van der Waals surface area contributed by atoms with Crippen molar-refractivity contribution in [2.75, 3.05) is 16.8 Å². The lowest BCUT2D eigenvalue weighted by Crippen LogP contribution is -2.17. The first-order valence-corrected chi connectivity index (χ1v) is 9.07. The quantitative estimate of drug-likeness (QED) is 0.418. The molecule has 0 aliphatic carbocycles. The fraction of sp³-hybridized carbons (Fsp3) is 0.222. The van der Waals surface area contributed by atoms with Crippen molar-refractivity contribution in [1.82, 2.24) is 0 Å². The standard InChI is InChI=1S/C18H17FN2O5S/c1-12(13-3-2-4-16(9-13)21(24)25)26-18(23)11-27-10-17(22)20-15-7-5-14(19)6-8-15/h2-9,12H,10-11H2,1H3,(H,20,22)/t12-/m1/s1. The van der Waals surface area contributed by atoms with Crippen LogP contribution in [0.2, 0.25) is 0 Å². The molecule has 1 N–H and O–H groups in total. The average Bonchev–Trinajstić information content (AvgIpc) is 2.63. The van der Waals surface area contributed by atoms with E-state index in [2.05, 4.69) is 5.32 Å². The maximum Gasteiger partial charge on any atom is 0.316 e. The number of nitro groups is 1. The highest BCUT2D eigenvalue weighted by molar-refractivity contribution is 8.00. The molecule has 0 spiro atoms. The normalized spacial score (nSPS) is 11.5. The van der Waals surface area contributed by atoms with Crippen LogP contribution in [-0.4, -0.2) is 28.3 Å². The van der Waals surface area contributed by atoms with Crippen LogP contribution in [0.4, 0.5) is 15.8 Å². The molecular formula is C18H17FN2O5S. The van der Waals surface area contributed by atoms with Crippen molar-refractivity contribution in [3.8, 4) is 0 Å². The average molecular weight is 392 g/mol. The van der Waals surface area contributed by atoms with Gasteiger partial charge in [-0.1, -0.05) is 12.1 Å². The maximum atomic E-state index is 12.8. The van der Waals surface area contributed by atoms with Crippen LogP contribution < -0.4 is 5.32 Å². The molecule has 0 aliphatic rings. The second-order valence-electron chi connectivity index (χ2n) is 5.53. The number of halogens is 1. The Hall–Kier alpha value is -2.94. The van der Waals surface area contributed by atoms with E-state index >= 15 is 0 Å². The zero-order valence-corrected chi connectivity index (χ0v) is 15.2. The minimum Gasteiger partial charge on any atom is -0.457 e. The van der Waals surface area contributed by atoms with Crippen LogP contribution in [0.15, 0.2) is 48.5 Å². The molecule has 2 aromatic carbocycles. The number of anilines is 1.